The first-order valence-corrected chi connectivity index (χ1v) is 6.35. The van der Waals surface area contributed by atoms with Crippen molar-refractivity contribution < 1.29 is 4.39 Å². The van der Waals surface area contributed by atoms with Crippen LogP contribution < -0.4 is 5.32 Å². The zero-order valence-electron chi connectivity index (χ0n) is 10.1. The Labute approximate surface area is 115 Å². The summed E-state index contributed by atoms with van der Waals surface area (Å²) in [7, 11) is 0. The van der Waals surface area contributed by atoms with Crippen molar-refractivity contribution in [1.29, 1.82) is 0 Å². The van der Waals surface area contributed by atoms with E-state index >= 15 is 0 Å². The van der Waals surface area contributed by atoms with Gasteiger partial charge in [-0.05, 0) is 42.5 Å². The van der Waals surface area contributed by atoms with Gasteiger partial charge >= 0.3 is 0 Å². The maximum Gasteiger partial charge on any atom is 0.128 e. The van der Waals surface area contributed by atoms with E-state index in [1.165, 1.54) is 6.07 Å². The van der Waals surface area contributed by atoms with Gasteiger partial charge in [-0.25, -0.2) is 4.39 Å². The van der Waals surface area contributed by atoms with Crippen molar-refractivity contribution in [3.63, 3.8) is 0 Å². The van der Waals surface area contributed by atoms with Gasteiger partial charge in [0.25, 0.3) is 0 Å². The molecule has 0 aliphatic rings. The van der Waals surface area contributed by atoms with Crippen molar-refractivity contribution in [3.05, 3.63) is 65.1 Å². The third-order valence-corrected chi connectivity index (χ3v) is 3.28. The first-order chi connectivity index (χ1) is 9.22. The molecule has 0 fully saturated rings. The summed E-state index contributed by atoms with van der Waals surface area (Å²) in [5.74, 6) is -0.250. The minimum Gasteiger partial charge on any atom is -0.381 e. The largest absolute Gasteiger partial charge is 0.381 e. The Bertz CT molecular complexity index is 721. The molecule has 0 aliphatic carbocycles. The molecule has 19 heavy (non-hydrogen) atoms. The van der Waals surface area contributed by atoms with Crippen LogP contribution in [0.3, 0.4) is 0 Å². The Morgan fingerprint density at radius 3 is 2.89 bits per heavy atom. The number of nitrogens with one attached hydrogen (secondary N) is 2. The zero-order valence-corrected chi connectivity index (χ0v) is 10.8. The fourth-order valence-corrected chi connectivity index (χ4v) is 2.23. The SMILES string of the molecule is Fc1ccc(Cl)cc1CNc1ccc2[nH]ccc2c1. The minimum absolute atomic E-state index is 0.250. The summed E-state index contributed by atoms with van der Waals surface area (Å²) in [6.07, 6.45) is 1.89. The van der Waals surface area contributed by atoms with Gasteiger partial charge in [0, 0.05) is 39.9 Å². The molecule has 1 heterocycles. The molecule has 0 saturated heterocycles. The van der Waals surface area contributed by atoms with Gasteiger partial charge in [0.2, 0.25) is 0 Å². The second-order valence-electron chi connectivity index (χ2n) is 4.37. The molecular formula is C15H12ClFN2. The second-order valence-corrected chi connectivity index (χ2v) is 4.81. The summed E-state index contributed by atoms with van der Waals surface area (Å²) < 4.78 is 13.6. The second kappa shape index (κ2) is 4.94. The Morgan fingerprint density at radius 1 is 1.11 bits per heavy atom. The van der Waals surface area contributed by atoms with Crippen LogP contribution in [0, 0.1) is 5.82 Å². The van der Waals surface area contributed by atoms with E-state index in [2.05, 4.69) is 10.3 Å². The molecule has 0 unspecified atom stereocenters. The molecule has 2 N–H and O–H groups in total. The number of anilines is 1. The maximum absolute atomic E-state index is 13.6. The van der Waals surface area contributed by atoms with Crippen LogP contribution in [-0.4, -0.2) is 4.98 Å². The Kier molecular flexibility index (Phi) is 3.13. The molecule has 3 aromatic rings. The van der Waals surface area contributed by atoms with Gasteiger partial charge in [-0.15, -0.1) is 0 Å². The third kappa shape index (κ3) is 2.56. The molecule has 0 spiro atoms. The summed E-state index contributed by atoms with van der Waals surface area (Å²) in [5, 5.41) is 4.86. The third-order valence-electron chi connectivity index (χ3n) is 3.04. The van der Waals surface area contributed by atoms with Gasteiger partial charge in [-0.3, -0.25) is 0 Å². The van der Waals surface area contributed by atoms with E-state index < -0.39 is 0 Å². The fraction of sp³-hybridized carbons (Fsp3) is 0.0667. The summed E-state index contributed by atoms with van der Waals surface area (Å²) in [5.41, 5.74) is 2.59. The van der Waals surface area contributed by atoms with Gasteiger partial charge in [0.1, 0.15) is 5.82 Å². The highest BCUT2D eigenvalue weighted by Gasteiger charge is 2.03. The van der Waals surface area contributed by atoms with Crippen molar-refractivity contribution >= 4 is 28.2 Å². The van der Waals surface area contributed by atoms with Gasteiger partial charge in [0.15, 0.2) is 0 Å². The van der Waals surface area contributed by atoms with Crippen LogP contribution in [-0.2, 0) is 6.54 Å². The van der Waals surface area contributed by atoms with Crippen LogP contribution in [0.4, 0.5) is 10.1 Å². The van der Waals surface area contributed by atoms with Crippen LogP contribution in [0.5, 0.6) is 0 Å². The molecule has 4 heteroatoms. The average Bonchev–Trinajstić information content (AvgIpc) is 2.87. The topological polar surface area (TPSA) is 27.8 Å². The summed E-state index contributed by atoms with van der Waals surface area (Å²) in [6, 6.07) is 12.5. The Hall–Kier alpha value is -2.00. The lowest BCUT2D eigenvalue weighted by Gasteiger charge is -2.08. The number of aromatic nitrogens is 1. The number of benzene rings is 2. The lowest BCUT2D eigenvalue weighted by molar-refractivity contribution is 0.613. The normalized spacial score (nSPS) is 10.8. The van der Waals surface area contributed by atoms with Crippen LogP contribution in [0.25, 0.3) is 10.9 Å². The molecule has 0 amide bonds. The number of rotatable bonds is 3. The number of fused-ring (bicyclic) bond motifs is 1. The van der Waals surface area contributed by atoms with Crippen LogP contribution >= 0.6 is 11.6 Å². The minimum atomic E-state index is -0.250. The van der Waals surface area contributed by atoms with E-state index in [9.17, 15) is 4.39 Å². The van der Waals surface area contributed by atoms with Crippen molar-refractivity contribution in [2.24, 2.45) is 0 Å². The van der Waals surface area contributed by atoms with E-state index in [1.807, 2.05) is 30.5 Å². The molecule has 2 aromatic carbocycles. The standard InChI is InChI=1S/C15H12ClFN2/c16-12-1-3-14(17)11(7-12)9-19-13-2-4-15-10(8-13)5-6-18-15/h1-8,18-19H,9H2. The number of H-pyrrole nitrogens is 1. The lowest BCUT2D eigenvalue weighted by atomic mass is 10.2. The predicted molar refractivity (Wildman–Crippen MR) is 77.0 cm³/mol. The van der Waals surface area contributed by atoms with Crippen molar-refractivity contribution in [3.8, 4) is 0 Å². The van der Waals surface area contributed by atoms with Crippen molar-refractivity contribution in [2.75, 3.05) is 5.32 Å². The smallest absolute Gasteiger partial charge is 0.128 e. The molecule has 0 radical (unpaired) electrons. The lowest BCUT2D eigenvalue weighted by Crippen LogP contribution is -2.01. The highest BCUT2D eigenvalue weighted by atomic mass is 35.5. The van der Waals surface area contributed by atoms with E-state index in [4.69, 9.17) is 11.6 Å². The zero-order chi connectivity index (χ0) is 13.2. The number of aromatic amines is 1. The van der Waals surface area contributed by atoms with Gasteiger partial charge in [-0.2, -0.15) is 0 Å². The molecule has 0 atom stereocenters. The first kappa shape index (κ1) is 12.1. The molecule has 96 valence electrons. The molecule has 0 aliphatic heterocycles. The number of hydrogen-bond acceptors (Lipinski definition) is 1. The van der Waals surface area contributed by atoms with E-state index in [-0.39, 0.29) is 5.82 Å². The van der Waals surface area contributed by atoms with Crippen molar-refractivity contribution in [2.45, 2.75) is 6.54 Å². The average molecular weight is 275 g/mol. The monoisotopic (exact) mass is 274 g/mol. The fourth-order valence-electron chi connectivity index (χ4n) is 2.04. The van der Waals surface area contributed by atoms with Gasteiger partial charge in [-0.1, -0.05) is 11.6 Å². The molecular weight excluding hydrogens is 263 g/mol. The molecule has 3 rings (SSSR count). The van der Waals surface area contributed by atoms with Gasteiger partial charge in [0.05, 0.1) is 0 Å². The van der Waals surface area contributed by atoms with Gasteiger partial charge < -0.3 is 10.3 Å². The van der Waals surface area contributed by atoms with Crippen LogP contribution in [0.2, 0.25) is 5.02 Å². The molecule has 2 nitrogen and oxygen atoms in total. The maximum atomic E-state index is 13.6. The first-order valence-electron chi connectivity index (χ1n) is 5.97. The molecule has 0 bridgehead atoms. The summed E-state index contributed by atoms with van der Waals surface area (Å²) in [4.78, 5) is 3.13. The van der Waals surface area contributed by atoms with E-state index in [1.54, 1.807) is 12.1 Å². The molecule has 0 saturated carbocycles. The highest BCUT2D eigenvalue weighted by Crippen LogP contribution is 2.20. The van der Waals surface area contributed by atoms with Crippen LogP contribution in [0.15, 0.2) is 48.7 Å². The van der Waals surface area contributed by atoms with Crippen molar-refractivity contribution in [1.82, 2.24) is 4.98 Å². The molecule has 1 aromatic heterocycles. The highest BCUT2D eigenvalue weighted by molar-refractivity contribution is 6.30. The summed E-state index contributed by atoms with van der Waals surface area (Å²) in [6.45, 7) is 0.405. The number of hydrogen-bond donors (Lipinski definition) is 2. The quantitative estimate of drug-likeness (QED) is 0.719. The Balaban J connectivity index is 1.79. The van der Waals surface area contributed by atoms with E-state index in [0.717, 1.165) is 16.6 Å². The number of halogens is 2. The predicted octanol–water partition coefficient (Wildman–Crippen LogP) is 4.57. The summed E-state index contributed by atoms with van der Waals surface area (Å²) >= 11 is 5.86. The van der Waals surface area contributed by atoms with E-state index in [0.29, 0.717) is 17.1 Å². The Morgan fingerprint density at radius 2 is 2.00 bits per heavy atom. The van der Waals surface area contributed by atoms with Crippen LogP contribution in [0.1, 0.15) is 5.56 Å².